The summed E-state index contributed by atoms with van der Waals surface area (Å²) in [4.78, 5) is 21.9. The number of hydrogen-bond donors (Lipinski definition) is 1. The van der Waals surface area contributed by atoms with Gasteiger partial charge in [-0.3, -0.25) is 4.79 Å². The number of likely N-dealkylation sites (N-methyl/N-ethyl adjacent to an activating group) is 1. The van der Waals surface area contributed by atoms with Gasteiger partial charge in [0.05, 0.1) is 5.69 Å². The van der Waals surface area contributed by atoms with E-state index in [-0.39, 0.29) is 5.91 Å². The molecular formula is C16H22N6OS. The Bertz CT molecular complexity index is 695. The number of carbonyl (C=O) groups excluding carboxylic acids is 1. The SMILES string of the molecule is CCc1nnsc1C(=O)NCc1ccnc(N2CCN(C)CC2)c1. The maximum Gasteiger partial charge on any atom is 0.265 e. The zero-order valence-electron chi connectivity index (χ0n) is 14.0. The second-order valence-electron chi connectivity index (χ2n) is 5.90. The summed E-state index contributed by atoms with van der Waals surface area (Å²) in [5.41, 5.74) is 1.80. The summed E-state index contributed by atoms with van der Waals surface area (Å²) < 4.78 is 3.86. The number of nitrogens with zero attached hydrogens (tertiary/aromatic N) is 5. The first-order valence-electron chi connectivity index (χ1n) is 8.15. The van der Waals surface area contributed by atoms with Crippen LogP contribution in [0.4, 0.5) is 5.82 Å². The Morgan fingerprint density at radius 1 is 1.33 bits per heavy atom. The van der Waals surface area contributed by atoms with E-state index in [0.717, 1.165) is 54.8 Å². The maximum absolute atomic E-state index is 12.3. The highest BCUT2D eigenvalue weighted by atomic mass is 32.1. The summed E-state index contributed by atoms with van der Waals surface area (Å²) in [6, 6.07) is 3.99. The van der Waals surface area contributed by atoms with Crippen LogP contribution in [-0.4, -0.2) is 58.6 Å². The van der Waals surface area contributed by atoms with Crippen LogP contribution in [0, 0.1) is 0 Å². The molecule has 1 saturated heterocycles. The van der Waals surface area contributed by atoms with Crippen molar-refractivity contribution in [3.63, 3.8) is 0 Å². The first-order valence-corrected chi connectivity index (χ1v) is 8.92. The molecule has 0 aliphatic carbocycles. The first kappa shape index (κ1) is 16.8. The van der Waals surface area contributed by atoms with Crippen LogP contribution in [0.1, 0.15) is 27.9 Å². The predicted octanol–water partition coefficient (Wildman–Crippen LogP) is 1.18. The Balaban J connectivity index is 1.61. The van der Waals surface area contributed by atoms with Gasteiger partial charge in [0.1, 0.15) is 10.7 Å². The van der Waals surface area contributed by atoms with Gasteiger partial charge < -0.3 is 15.1 Å². The monoisotopic (exact) mass is 346 g/mol. The van der Waals surface area contributed by atoms with E-state index >= 15 is 0 Å². The standard InChI is InChI=1S/C16H22N6OS/c1-3-13-15(24-20-19-13)16(23)18-11-12-4-5-17-14(10-12)22-8-6-21(2)7-9-22/h4-5,10H,3,6-9,11H2,1-2H3,(H,18,23). The lowest BCUT2D eigenvalue weighted by Gasteiger charge is -2.33. The average Bonchev–Trinajstić information content (AvgIpc) is 3.09. The van der Waals surface area contributed by atoms with Crippen molar-refractivity contribution in [3.8, 4) is 0 Å². The van der Waals surface area contributed by atoms with Gasteiger partial charge in [-0.2, -0.15) is 0 Å². The molecule has 0 bridgehead atoms. The largest absolute Gasteiger partial charge is 0.354 e. The van der Waals surface area contributed by atoms with Crippen molar-refractivity contribution in [2.45, 2.75) is 19.9 Å². The minimum Gasteiger partial charge on any atom is -0.354 e. The second kappa shape index (κ2) is 7.67. The Hall–Kier alpha value is -2.06. The maximum atomic E-state index is 12.3. The van der Waals surface area contributed by atoms with Crippen molar-refractivity contribution < 1.29 is 4.79 Å². The van der Waals surface area contributed by atoms with E-state index in [1.165, 1.54) is 0 Å². The summed E-state index contributed by atoms with van der Waals surface area (Å²) in [6.07, 6.45) is 2.52. The third-order valence-corrected chi connectivity index (χ3v) is 4.95. The molecule has 0 atom stereocenters. The lowest BCUT2D eigenvalue weighted by molar-refractivity contribution is 0.0954. The van der Waals surface area contributed by atoms with Crippen LogP contribution >= 0.6 is 11.5 Å². The zero-order chi connectivity index (χ0) is 16.9. The molecule has 0 saturated carbocycles. The van der Waals surface area contributed by atoms with Gasteiger partial charge >= 0.3 is 0 Å². The third-order valence-electron chi connectivity index (χ3n) is 4.19. The molecule has 1 amide bonds. The summed E-state index contributed by atoms with van der Waals surface area (Å²) in [7, 11) is 2.13. The molecule has 0 radical (unpaired) electrons. The Labute approximate surface area is 145 Å². The molecule has 3 rings (SSSR count). The van der Waals surface area contributed by atoms with E-state index < -0.39 is 0 Å². The number of nitrogens with one attached hydrogen (secondary N) is 1. The van der Waals surface area contributed by atoms with Crippen molar-refractivity contribution >= 4 is 23.3 Å². The molecule has 2 aromatic rings. The van der Waals surface area contributed by atoms with Gasteiger partial charge in [-0.25, -0.2) is 4.98 Å². The average molecular weight is 346 g/mol. The fourth-order valence-corrected chi connectivity index (χ4v) is 3.32. The Kier molecular flexibility index (Phi) is 5.37. The lowest BCUT2D eigenvalue weighted by Crippen LogP contribution is -2.44. The van der Waals surface area contributed by atoms with Gasteiger partial charge in [0.25, 0.3) is 5.91 Å². The van der Waals surface area contributed by atoms with E-state index in [1.807, 2.05) is 13.0 Å². The quantitative estimate of drug-likeness (QED) is 0.876. The molecule has 3 heterocycles. The van der Waals surface area contributed by atoms with E-state index in [0.29, 0.717) is 17.8 Å². The molecule has 2 aromatic heterocycles. The van der Waals surface area contributed by atoms with Gasteiger partial charge in [-0.1, -0.05) is 11.4 Å². The van der Waals surface area contributed by atoms with Crippen LogP contribution in [0.5, 0.6) is 0 Å². The van der Waals surface area contributed by atoms with Crippen LogP contribution < -0.4 is 10.2 Å². The lowest BCUT2D eigenvalue weighted by atomic mass is 10.2. The molecule has 0 aromatic carbocycles. The summed E-state index contributed by atoms with van der Waals surface area (Å²) in [5, 5.41) is 6.93. The summed E-state index contributed by atoms with van der Waals surface area (Å²) in [6.45, 7) is 6.49. The number of hydrogen-bond acceptors (Lipinski definition) is 7. The van der Waals surface area contributed by atoms with E-state index in [9.17, 15) is 4.79 Å². The van der Waals surface area contributed by atoms with Gasteiger partial charge in [0.2, 0.25) is 0 Å². The van der Waals surface area contributed by atoms with Crippen LogP contribution in [0.25, 0.3) is 0 Å². The normalized spacial score (nSPS) is 15.5. The fourth-order valence-electron chi connectivity index (χ4n) is 2.65. The van der Waals surface area contributed by atoms with E-state index in [2.05, 4.69) is 42.8 Å². The number of anilines is 1. The van der Waals surface area contributed by atoms with Gasteiger partial charge in [-0.15, -0.1) is 5.10 Å². The highest BCUT2D eigenvalue weighted by molar-refractivity contribution is 7.08. The van der Waals surface area contributed by atoms with Gasteiger partial charge in [0.15, 0.2) is 0 Å². The number of piperazine rings is 1. The minimum atomic E-state index is -0.111. The van der Waals surface area contributed by atoms with Crippen LogP contribution in [0.2, 0.25) is 0 Å². The molecule has 8 heteroatoms. The van der Waals surface area contributed by atoms with E-state index in [1.54, 1.807) is 6.20 Å². The smallest absolute Gasteiger partial charge is 0.265 e. The van der Waals surface area contributed by atoms with Crippen molar-refractivity contribution in [2.75, 3.05) is 38.1 Å². The number of carbonyl (C=O) groups is 1. The van der Waals surface area contributed by atoms with E-state index in [4.69, 9.17) is 0 Å². The van der Waals surface area contributed by atoms with Crippen LogP contribution in [0.15, 0.2) is 18.3 Å². The molecule has 128 valence electrons. The third kappa shape index (κ3) is 3.88. The molecular weight excluding hydrogens is 324 g/mol. The first-order chi connectivity index (χ1) is 11.7. The highest BCUT2D eigenvalue weighted by Gasteiger charge is 2.17. The molecule has 1 fully saturated rings. The molecule has 24 heavy (non-hydrogen) atoms. The van der Waals surface area contributed by atoms with Gasteiger partial charge in [-0.05, 0) is 42.7 Å². The highest BCUT2D eigenvalue weighted by Crippen LogP contribution is 2.15. The van der Waals surface area contributed by atoms with Gasteiger partial charge in [0, 0.05) is 38.9 Å². The Morgan fingerprint density at radius 2 is 2.12 bits per heavy atom. The fraction of sp³-hybridized carbons (Fsp3) is 0.500. The number of rotatable bonds is 5. The van der Waals surface area contributed by atoms with Crippen molar-refractivity contribution in [2.24, 2.45) is 0 Å². The second-order valence-corrected chi connectivity index (χ2v) is 6.65. The summed E-state index contributed by atoms with van der Waals surface area (Å²) >= 11 is 1.15. The predicted molar refractivity (Wildman–Crippen MR) is 94.4 cm³/mol. The minimum absolute atomic E-state index is 0.111. The number of aromatic nitrogens is 3. The molecule has 1 aliphatic heterocycles. The number of amides is 1. The van der Waals surface area contributed by atoms with Crippen LogP contribution in [-0.2, 0) is 13.0 Å². The van der Waals surface area contributed by atoms with Crippen molar-refractivity contribution in [1.29, 1.82) is 0 Å². The van der Waals surface area contributed by atoms with Crippen molar-refractivity contribution in [1.82, 2.24) is 24.8 Å². The molecule has 7 nitrogen and oxygen atoms in total. The number of aryl methyl sites for hydroxylation is 1. The zero-order valence-corrected chi connectivity index (χ0v) is 14.8. The molecule has 0 unspecified atom stereocenters. The van der Waals surface area contributed by atoms with Crippen molar-refractivity contribution in [3.05, 3.63) is 34.5 Å². The van der Waals surface area contributed by atoms with Crippen LogP contribution in [0.3, 0.4) is 0 Å². The summed E-state index contributed by atoms with van der Waals surface area (Å²) in [5.74, 6) is 0.864. The molecule has 1 N–H and O–H groups in total. The number of pyridine rings is 1. The topological polar surface area (TPSA) is 74.2 Å². The molecule has 0 spiro atoms. The molecule has 1 aliphatic rings. The Morgan fingerprint density at radius 3 is 2.88 bits per heavy atom.